The zero-order valence-corrected chi connectivity index (χ0v) is 44.2. The molecular weight excluding hydrogens is 778 g/mol. The maximum absolute atomic E-state index is 12.7. The van der Waals surface area contributed by atoms with E-state index in [2.05, 4.69) is 13.8 Å². The fraction of sp³-hybridized carbons (Fsp3) is 1.00. The highest BCUT2D eigenvalue weighted by atomic mass is 31.2. The van der Waals surface area contributed by atoms with Gasteiger partial charge in [-0.2, -0.15) is 0 Å². The lowest BCUT2D eigenvalue weighted by atomic mass is 10.0. The van der Waals surface area contributed by atoms with Crippen LogP contribution in [0.3, 0.4) is 0 Å². The van der Waals surface area contributed by atoms with Crippen LogP contribution in [0, 0.1) is 0 Å². The number of unbranched alkanes of at least 4 members (excludes halogenated alkanes) is 50. The zero-order valence-electron chi connectivity index (χ0n) is 43.3. The topological polar surface area (TPSA) is 49.8 Å². The summed E-state index contributed by atoms with van der Waals surface area (Å²) in [6.45, 7) is 5.97. The molecule has 0 aromatic heterocycles. The second-order valence-corrected chi connectivity index (χ2v) is 22.2. The molecular formula is C57H118NO3P. The summed E-state index contributed by atoms with van der Waals surface area (Å²) in [5, 5.41) is 0. The highest BCUT2D eigenvalue weighted by molar-refractivity contribution is 7.50. The summed E-state index contributed by atoms with van der Waals surface area (Å²) in [4.78, 5) is 10.4. The molecule has 1 atom stereocenters. The molecule has 0 aliphatic rings. The van der Waals surface area contributed by atoms with Crippen molar-refractivity contribution in [3.05, 3.63) is 0 Å². The van der Waals surface area contributed by atoms with Gasteiger partial charge in [-0.1, -0.05) is 335 Å². The molecule has 0 aliphatic heterocycles. The first-order valence-electron chi connectivity index (χ1n) is 29.2. The van der Waals surface area contributed by atoms with Crippen LogP contribution in [-0.2, 0) is 9.09 Å². The van der Waals surface area contributed by atoms with Crippen LogP contribution in [0.15, 0.2) is 0 Å². The predicted octanol–water partition coefficient (Wildman–Crippen LogP) is 21.4. The Hall–Kier alpha value is 0.110. The maximum atomic E-state index is 12.7. The average molecular weight is 897 g/mol. The van der Waals surface area contributed by atoms with Crippen LogP contribution in [0.5, 0.6) is 0 Å². The van der Waals surface area contributed by atoms with E-state index < -0.39 is 7.75 Å². The van der Waals surface area contributed by atoms with Gasteiger partial charge in [-0.3, -0.25) is 0 Å². The molecule has 0 heterocycles. The molecule has 1 N–H and O–H groups in total. The third-order valence-electron chi connectivity index (χ3n) is 14.1. The Morgan fingerprint density at radius 1 is 0.274 bits per heavy atom. The molecule has 0 amide bonds. The molecule has 4 nitrogen and oxygen atoms in total. The van der Waals surface area contributed by atoms with Crippen molar-refractivity contribution in [3.63, 3.8) is 0 Å². The van der Waals surface area contributed by atoms with Crippen LogP contribution in [0.25, 0.3) is 0 Å². The van der Waals surface area contributed by atoms with Gasteiger partial charge in [-0.15, -0.1) is 0 Å². The minimum absolute atomic E-state index is 0.681. The second kappa shape index (κ2) is 53.7. The van der Waals surface area contributed by atoms with Crippen LogP contribution < -0.4 is 0 Å². The van der Waals surface area contributed by atoms with E-state index in [1.54, 1.807) is 4.67 Å². The highest BCUT2D eigenvalue weighted by Crippen LogP contribution is 2.45. The van der Waals surface area contributed by atoms with Crippen molar-refractivity contribution < 1.29 is 14.0 Å². The molecule has 5 heteroatoms. The van der Waals surface area contributed by atoms with Crippen molar-refractivity contribution in [2.45, 2.75) is 348 Å². The third-order valence-corrected chi connectivity index (χ3v) is 15.7. The Morgan fingerprint density at radius 2 is 0.403 bits per heavy atom. The standard InChI is InChI=1S/C57H118NO3P/c1-4-6-8-10-12-14-16-18-20-22-24-26-28-30-32-34-36-38-40-42-44-46-48-50-52-54-56-58(62(59,60)61-3)57-55-53-51-49-47-45-43-41-39-37-35-33-31-29-27-25-23-21-19-17-15-13-11-9-7-5-2/h4-57H2,1-3H3,(H,59,60). The molecule has 0 spiro atoms. The molecule has 0 aromatic carbocycles. The molecule has 0 fully saturated rings. The molecule has 0 aliphatic carbocycles. The van der Waals surface area contributed by atoms with E-state index in [1.165, 1.54) is 315 Å². The minimum atomic E-state index is -3.65. The van der Waals surface area contributed by atoms with Gasteiger partial charge in [0.15, 0.2) is 0 Å². The first kappa shape index (κ1) is 62.1. The van der Waals surface area contributed by atoms with Gasteiger partial charge < -0.3 is 9.42 Å². The van der Waals surface area contributed by atoms with E-state index in [9.17, 15) is 9.46 Å². The van der Waals surface area contributed by atoms with E-state index in [1.807, 2.05) is 0 Å². The summed E-state index contributed by atoms with van der Waals surface area (Å²) < 4.78 is 19.5. The fourth-order valence-electron chi connectivity index (χ4n) is 9.70. The van der Waals surface area contributed by atoms with Gasteiger partial charge in [0.1, 0.15) is 0 Å². The van der Waals surface area contributed by atoms with Crippen LogP contribution in [-0.4, -0.2) is 29.8 Å². The van der Waals surface area contributed by atoms with Crippen LogP contribution in [0.2, 0.25) is 0 Å². The molecule has 0 saturated carbocycles. The summed E-state index contributed by atoms with van der Waals surface area (Å²) in [5.74, 6) is 0. The Balaban J connectivity index is 3.46. The highest BCUT2D eigenvalue weighted by Gasteiger charge is 2.27. The molecule has 1 unspecified atom stereocenters. The van der Waals surface area contributed by atoms with Gasteiger partial charge in [0.05, 0.1) is 0 Å². The van der Waals surface area contributed by atoms with Gasteiger partial charge in [0.25, 0.3) is 0 Å². The van der Waals surface area contributed by atoms with Gasteiger partial charge in [0.2, 0.25) is 0 Å². The molecule has 374 valence electrons. The second-order valence-electron chi connectivity index (χ2n) is 20.3. The van der Waals surface area contributed by atoms with Crippen molar-refractivity contribution in [1.82, 2.24) is 4.67 Å². The molecule has 62 heavy (non-hydrogen) atoms. The number of hydrogen-bond acceptors (Lipinski definition) is 2. The summed E-state index contributed by atoms with van der Waals surface area (Å²) in [6, 6.07) is 0. The lowest BCUT2D eigenvalue weighted by Crippen LogP contribution is -2.23. The number of rotatable bonds is 56. The van der Waals surface area contributed by atoms with Crippen molar-refractivity contribution in [2.75, 3.05) is 20.2 Å². The molecule has 0 rings (SSSR count). The monoisotopic (exact) mass is 896 g/mol. The van der Waals surface area contributed by atoms with E-state index in [-0.39, 0.29) is 0 Å². The van der Waals surface area contributed by atoms with Crippen LogP contribution in [0.4, 0.5) is 0 Å². The normalized spacial score (nSPS) is 12.9. The number of hydrogen-bond donors (Lipinski definition) is 1. The van der Waals surface area contributed by atoms with Gasteiger partial charge in [-0.25, -0.2) is 9.24 Å². The Morgan fingerprint density at radius 3 is 0.532 bits per heavy atom. The quantitative estimate of drug-likeness (QED) is 0.0488. The average Bonchev–Trinajstić information content (AvgIpc) is 3.27. The Bertz CT molecular complexity index is 798. The van der Waals surface area contributed by atoms with Gasteiger partial charge >= 0.3 is 7.75 Å². The minimum Gasteiger partial charge on any atom is -0.312 e. The van der Waals surface area contributed by atoms with E-state index in [0.29, 0.717) is 13.1 Å². The van der Waals surface area contributed by atoms with Crippen LogP contribution in [0.1, 0.15) is 348 Å². The maximum Gasteiger partial charge on any atom is 0.405 e. The van der Waals surface area contributed by atoms with Crippen LogP contribution >= 0.6 is 7.75 Å². The molecule has 0 bridgehead atoms. The first-order valence-corrected chi connectivity index (χ1v) is 30.8. The smallest absolute Gasteiger partial charge is 0.312 e. The van der Waals surface area contributed by atoms with E-state index in [4.69, 9.17) is 4.52 Å². The molecule has 0 radical (unpaired) electrons. The molecule has 0 aromatic rings. The SMILES string of the molecule is CCCCCCCCCCCCCCCCCCCCCCCCCCCCN(CCCCCCCCCCCCCCCCCCCCCCCCCCCC)P(=O)(O)OC. The molecule has 0 saturated heterocycles. The summed E-state index contributed by atoms with van der Waals surface area (Å²) in [5.41, 5.74) is 0. The summed E-state index contributed by atoms with van der Waals surface area (Å²) >= 11 is 0. The zero-order chi connectivity index (χ0) is 45.0. The fourth-order valence-corrected chi connectivity index (χ4v) is 10.7. The van der Waals surface area contributed by atoms with Gasteiger partial charge in [-0.05, 0) is 12.8 Å². The van der Waals surface area contributed by atoms with Crippen molar-refractivity contribution in [3.8, 4) is 0 Å². The lowest BCUT2D eigenvalue weighted by Gasteiger charge is -2.25. The van der Waals surface area contributed by atoms with Crippen molar-refractivity contribution in [2.24, 2.45) is 0 Å². The predicted molar refractivity (Wildman–Crippen MR) is 280 cm³/mol. The summed E-state index contributed by atoms with van der Waals surface area (Å²) in [6.07, 6.45) is 72.7. The van der Waals surface area contributed by atoms with E-state index in [0.717, 1.165) is 25.7 Å². The first-order chi connectivity index (χ1) is 30.6. The van der Waals surface area contributed by atoms with Crippen molar-refractivity contribution >= 4 is 7.75 Å². The Labute approximate surface area is 392 Å². The largest absolute Gasteiger partial charge is 0.405 e. The lowest BCUT2D eigenvalue weighted by molar-refractivity contribution is 0.230. The van der Waals surface area contributed by atoms with Crippen molar-refractivity contribution in [1.29, 1.82) is 0 Å². The Kier molecular flexibility index (Phi) is 53.8. The summed E-state index contributed by atoms with van der Waals surface area (Å²) in [7, 11) is -2.27. The van der Waals surface area contributed by atoms with E-state index >= 15 is 0 Å². The third kappa shape index (κ3) is 49.5. The number of nitrogens with zero attached hydrogens (tertiary/aromatic N) is 1. The van der Waals surface area contributed by atoms with Gasteiger partial charge in [0, 0.05) is 20.2 Å².